The van der Waals surface area contributed by atoms with Gasteiger partial charge in [0.05, 0.1) is 5.69 Å². The van der Waals surface area contributed by atoms with Crippen LogP contribution in [0.15, 0.2) is 48.7 Å². The van der Waals surface area contributed by atoms with Gasteiger partial charge in [0.2, 0.25) is 5.91 Å². The molecule has 2 amide bonds. The SMILES string of the molecule is NC(=O)C1(c2ccccn2)CCCN(C(=O)c2ccccc2CN2CCCCC2)C1. The summed E-state index contributed by atoms with van der Waals surface area (Å²) in [4.78, 5) is 34.7. The fraction of sp³-hybridized carbons (Fsp3) is 0.458. The Labute approximate surface area is 178 Å². The van der Waals surface area contributed by atoms with Gasteiger partial charge in [-0.3, -0.25) is 19.5 Å². The van der Waals surface area contributed by atoms with Crippen molar-refractivity contribution in [2.45, 2.75) is 44.1 Å². The van der Waals surface area contributed by atoms with Gasteiger partial charge >= 0.3 is 0 Å². The van der Waals surface area contributed by atoms with Crippen LogP contribution in [0.5, 0.6) is 0 Å². The number of aromatic nitrogens is 1. The molecule has 2 aliphatic rings. The van der Waals surface area contributed by atoms with Crippen LogP contribution in [0.4, 0.5) is 0 Å². The van der Waals surface area contributed by atoms with Crippen molar-refractivity contribution in [2.75, 3.05) is 26.2 Å². The van der Waals surface area contributed by atoms with Gasteiger partial charge < -0.3 is 10.6 Å². The zero-order valence-electron chi connectivity index (χ0n) is 17.4. The molecule has 3 heterocycles. The quantitative estimate of drug-likeness (QED) is 0.828. The molecule has 0 aliphatic carbocycles. The summed E-state index contributed by atoms with van der Waals surface area (Å²) in [7, 11) is 0. The summed E-state index contributed by atoms with van der Waals surface area (Å²) < 4.78 is 0. The number of nitrogens with two attached hydrogens (primary N) is 1. The Kier molecular flexibility index (Phi) is 6.13. The summed E-state index contributed by atoms with van der Waals surface area (Å²) in [6, 6.07) is 13.4. The molecule has 1 atom stereocenters. The van der Waals surface area contributed by atoms with E-state index >= 15 is 0 Å². The molecular weight excluding hydrogens is 376 g/mol. The maximum absolute atomic E-state index is 13.5. The van der Waals surface area contributed by atoms with Crippen molar-refractivity contribution in [3.63, 3.8) is 0 Å². The van der Waals surface area contributed by atoms with E-state index in [1.807, 2.05) is 42.5 Å². The number of amides is 2. The fourth-order valence-electron chi connectivity index (χ4n) is 4.81. The first kappa shape index (κ1) is 20.5. The van der Waals surface area contributed by atoms with Crippen molar-refractivity contribution in [3.8, 4) is 0 Å². The highest BCUT2D eigenvalue weighted by Crippen LogP contribution is 2.33. The molecule has 4 rings (SSSR count). The monoisotopic (exact) mass is 406 g/mol. The lowest BCUT2D eigenvalue weighted by Gasteiger charge is -2.40. The number of benzene rings is 1. The Hall–Kier alpha value is -2.73. The van der Waals surface area contributed by atoms with Crippen molar-refractivity contribution < 1.29 is 9.59 Å². The average Bonchev–Trinajstić information content (AvgIpc) is 2.80. The third kappa shape index (κ3) is 4.10. The van der Waals surface area contributed by atoms with E-state index in [1.165, 1.54) is 19.3 Å². The highest BCUT2D eigenvalue weighted by Gasteiger charge is 2.45. The van der Waals surface area contributed by atoms with Gasteiger partial charge in [-0.2, -0.15) is 0 Å². The fourth-order valence-corrected chi connectivity index (χ4v) is 4.81. The zero-order valence-corrected chi connectivity index (χ0v) is 17.4. The predicted octanol–water partition coefficient (Wildman–Crippen LogP) is 2.73. The van der Waals surface area contributed by atoms with E-state index in [1.54, 1.807) is 11.1 Å². The maximum Gasteiger partial charge on any atom is 0.254 e. The Balaban J connectivity index is 1.58. The number of hydrogen-bond donors (Lipinski definition) is 1. The molecule has 0 saturated carbocycles. The van der Waals surface area contributed by atoms with Gasteiger partial charge in [0, 0.05) is 31.4 Å². The number of carbonyl (C=O) groups is 2. The minimum absolute atomic E-state index is 0.0242. The molecule has 30 heavy (non-hydrogen) atoms. The molecular formula is C24H30N4O2. The topological polar surface area (TPSA) is 79.5 Å². The van der Waals surface area contributed by atoms with Crippen LogP contribution in [0.2, 0.25) is 0 Å². The zero-order chi connectivity index (χ0) is 21.0. The molecule has 158 valence electrons. The third-order valence-corrected chi connectivity index (χ3v) is 6.50. The largest absolute Gasteiger partial charge is 0.369 e. The lowest BCUT2D eigenvalue weighted by atomic mass is 9.75. The van der Waals surface area contributed by atoms with Gasteiger partial charge in [-0.15, -0.1) is 0 Å². The van der Waals surface area contributed by atoms with Crippen LogP contribution in [-0.4, -0.2) is 52.8 Å². The summed E-state index contributed by atoms with van der Waals surface area (Å²) >= 11 is 0. The second-order valence-electron chi connectivity index (χ2n) is 8.49. The molecule has 1 aromatic carbocycles. The van der Waals surface area contributed by atoms with E-state index in [0.29, 0.717) is 18.7 Å². The van der Waals surface area contributed by atoms with Gasteiger partial charge in [-0.25, -0.2) is 0 Å². The van der Waals surface area contributed by atoms with Crippen LogP contribution < -0.4 is 5.73 Å². The van der Waals surface area contributed by atoms with Crippen molar-refractivity contribution in [2.24, 2.45) is 5.73 Å². The Bertz CT molecular complexity index is 895. The summed E-state index contributed by atoms with van der Waals surface area (Å²) in [6.07, 6.45) is 6.72. The highest BCUT2D eigenvalue weighted by atomic mass is 16.2. The van der Waals surface area contributed by atoms with Crippen molar-refractivity contribution in [1.82, 2.24) is 14.8 Å². The average molecular weight is 407 g/mol. The number of rotatable bonds is 5. The number of primary amides is 1. The van der Waals surface area contributed by atoms with Gasteiger partial charge in [0.25, 0.3) is 5.91 Å². The minimum Gasteiger partial charge on any atom is -0.369 e. The first-order valence-electron chi connectivity index (χ1n) is 10.9. The van der Waals surface area contributed by atoms with Crippen LogP contribution in [0, 0.1) is 0 Å². The summed E-state index contributed by atoms with van der Waals surface area (Å²) in [5, 5.41) is 0. The lowest BCUT2D eigenvalue weighted by Crippen LogP contribution is -2.55. The van der Waals surface area contributed by atoms with Gasteiger partial charge in [-0.05, 0) is 62.5 Å². The number of piperidine rings is 2. The Morgan fingerprint density at radius 3 is 2.47 bits per heavy atom. The highest BCUT2D eigenvalue weighted by molar-refractivity contribution is 5.97. The van der Waals surface area contributed by atoms with E-state index in [2.05, 4.69) is 9.88 Å². The Morgan fingerprint density at radius 1 is 0.967 bits per heavy atom. The number of carbonyl (C=O) groups excluding carboxylic acids is 2. The molecule has 2 N–H and O–H groups in total. The smallest absolute Gasteiger partial charge is 0.254 e. The van der Waals surface area contributed by atoms with E-state index in [-0.39, 0.29) is 12.5 Å². The first-order chi connectivity index (χ1) is 14.6. The molecule has 6 nitrogen and oxygen atoms in total. The van der Waals surface area contributed by atoms with Crippen LogP contribution in [0.1, 0.15) is 53.7 Å². The Morgan fingerprint density at radius 2 is 1.73 bits per heavy atom. The van der Waals surface area contributed by atoms with Gasteiger partial charge in [0.15, 0.2) is 0 Å². The van der Waals surface area contributed by atoms with Crippen LogP contribution in [0.25, 0.3) is 0 Å². The van der Waals surface area contributed by atoms with E-state index in [4.69, 9.17) is 5.73 Å². The van der Waals surface area contributed by atoms with E-state index in [9.17, 15) is 9.59 Å². The standard InChI is InChI=1S/C24H30N4O2/c25-23(30)24(21-11-4-5-13-26-21)12-8-16-28(18-24)22(29)20-10-3-2-9-19(20)17-27-14-6-1-7-15-27/h2-5,9-11,13H,1,6-8,12,14-18H2,(H2,25,30). The molecule has 2 fully saturated rings. The summed E-state index contributed by atoms with van der Waals surface area (Å²) in [6.45, 7) is 3.85. The molecule has 2 aliphatic heterocycles. The molecule has 1 unspecified atom stereocenters. The predicted molar refractivity (Wildman–Crippen MR) is 116 cm³/mol. The molecule has 1 aromatic heterocycles. The summed E-state index contributed by atoms with van der Waals surface area (Å²) in [5.41, 5.74) is 7.36. The molecule has 2 saturated heterocycles. The molecule has 6 heteroatoms. The molecule has 0 radical (unpaired) electrons. The van der Waals surface area contributed by atoms with Crippen LogP contribution in [-0.2, 0) is 16.8 Å². The van der Waals surface area contributed by atoms with E-state index < -0.39 is 11.3 Å². The number of hydrogen-bond acceptors (Lipinski definition) is 4. The van der Waals surface area contributed by atoms with Gasteiger partial charge in [0.1, 0.15) is 5.41 Å². The van der Waals surface area contributed by atoms with Crippen molar-refractivity contribution >= 4 is 11.8 Å². The van der Waals surface area contributed by atoms with Crippen molar-refractivity contribution in [1.29, 1.82) is 0 Å². The second kappa shape index (κ2) is 8.96. The molecule has 0 bridgehead atoms. The third-order valence-electron chi connectivity index (χ3n) is 6.50. The normalized spacial score (nSPS) is 22.6. The molecule has 2 aromatic rings. The molecule has 0 spiro atoms. The van der Waals surface area contributed by atoms with Crippen LogP contribution >= 0.6 is 0 Å². The first-order valence-corrected chi connectivity index (χ1v) is 10.9. The maximum atomic E-state index is 13.5. The number of nitrogens with zero attached hydrogens (tertiary/aromatic N) is 3. The number of pyridine rings is 1. The minimum atomic E-state index is -0.934. The van der Waals surface area contributed by atoms with Crippen LogP contribution in [0.3, 0.4) is 0 Å². The lowest BCUT2D eigenvalue weighted by molar-refractivity contribution is -0.125. The van der Waals surface area contributed by atoms with Gasteiger partial charge in [-0.1, -0.05) is 30.7 Å². The van der Waals surface area contributed by atoms with Crippen molar-refractivity contribution in [3.05, 3.63) is 65.5 Å². The number of likely N-dealkylation sites (tertiary alicyclic amines) is 2. The summed E-state index contributed by atoms with van der Waals surface area (Å²) in [5.74, 6) is -0.441. The van der Waals surface area contributed by atoms with E-state index in [0.717, 1.165) is 37.2 Å². The second-order valence-corrected chi connectivity index (χ2v) is 8.49.